The van der Waals surface area contributed by atoms with Crippen LogP contribution in [0.15, 0.2) is 24.3 Å². The van der Waals surface area contributed by atoms with Gasteiger partial charge in [0.25, 0.3) is 0 Å². The maximum Gasteiger partial charge on any atom is 0.227 e. The zero-order chi connectivity index (χ0) is 17.1. The van der Waals surface area contributed by atoms with Gasteiger partial charge in [-0.15, -0.1) is 0 Å². The highest BCUT2D eigenvalue weighted by molar-refractivity contribution is 5.79. The lowest BCUT2D eigenvalue weighted by Crippen LogP contribution is -2.33. The number of ether oxygens (including phenoxy) is 2. The van der Waals surface area contributed by atoms with E-state index in [9.17, 15) is 4.79 Å². The Balaban J connectivity index is 1.78. The number of amides is 1. The van der Waals surface area contributed by atoms with Gasteiger partial charge in [0.2, 0.25) is 5.91 Å². The second-order valence-electron chi connectivity index (χ2n) is 5.96. The lowest BCUT2D eigenvalue weighted by Gasteiger charge is -2.22. The zero-order valence-corrected chi connectivity index (χ0v) is 14.2. The van der Waals surface area contributed by atoms with Gasteiger partial charge in [-0.05, 0) is 24.6 Å². The summed E-state index contributed by atoms with van der Waals surface area (Å²) in [6.07, 6.45) is 1.02. The number of carbonyl (C=O) groups is 1. The van der Waals surface area contributed by atoms with Crippen LogP contribution in [0.25, 0.3) is 0 Å². The number of hydrogen-bond acceptors (Lipinski definition) is 5. The fourth-order valence-corrected chi connectivity index (χ4v) is 3.06. The van der Waals surface area contributed by atoms with Gasteiger partial charge in [-0.1, -0.05) is 12.1 Å². The summed E-state index contributed by atoms with van der Waals surface area (Å²) in [6.45, 7) is 2.40. The van der Waals surface area contributed by atoms with E-state index in [-0.39, 0.29) is 18.1 Å². The van der Waals surface area contributed by atoms with Crippen molar-refractivity contribution >= 4 is 5.91 Å². The van der Waals surface area contributed by atoms with Gasteiger partial charge in [0, 0.05) is 20.1 Å². The fourth-order valence-electron chi connectivity index (χ4n) is 3.06. The number of nitrogens with zero attached hydrogens (tertiary/aromatic N) is 3. The summed E-state index contributed by atoms with van der Waals surface area (Å²) in [4.78, 5) is 19.0. The van der Waals surface area contributed by atoms with Crippen molar-refractivity contribution in [1.82, 2.24) is 20.1 Å². The number of aryl methyl sites for hydroxylation is 1. The van der Waals surface area contributed by atoms with E-state index < -0.39 is 0 Å². The van der Waals surface area contributed by atoms with Crippen LogP contribution in [0.2, 0.25) is 0 Å². The van der Waals surface area contributed by atoms with E-state index in [1.807, 2.05) is 36.1 Å². The fraction of sp³-hybridized carbons (Fsp3) is 0.471. The monoisotopic (exact) mass is 330 g/mol. The smallest absolute Gasteiger partial charge is 0.227 e. The summed E-state index contributed by atoms with van der Waals surface area (Å²) >= 11 is 0. The molecule has 7 heteroatoms. The second-order valence-corrected chi connectivity index (χ2v) is 5.96. The predicted molar refractivity (Wildman–Crippen MR) is 87.7 cm³/mol. The number of nitrogens with one attached hydrogen (secondary N) is 1. The number of hydrogen-bond donors (Lipinski definition) is 1. The molecule has 1 amide bonds. The van der Waals surface area contributed by atoms with Crippen molar-refractivity contribution in [3.8, 4) is 5.75 Å². The Morgan fingerprint density at radius 3 is 2.92 bits per heavy atom. The Hall–Kier alpha value is -2.41. The van der Waals surface area contributed by atoms with Crippen LogP contribution in [0, 0.1) is 6.92 Å². The highest BCUT2D eigenvalue weighted by Gasteiger charge is 2.38. The van der Waals surface area contributed by atoms with Gasteiger partial charge in [0.15, 0.2) is 5.82 Å². The van der Waals surface area contributed by atoms with Gasteiger partial charge < -0.3 is 14.4 Å². The minimum Gasteiger partial charge on any atom is -0.497 e. The van der Waals surface area contributed by atoms with Crippen molar-refractivity contribution in [2.45, 2.75) is 31.9 Å². The van der Waals surface area contributed by atoms with Gasteiger partial charge in [0.1, 0.15) is 11.6 Å². The molecule has 1 saturated heterocycles. The van der Waals surface area contributed by atoms with Crippen LogP contribution in [0.4, 0.5) is 0 Å². The van der Waals surface area contributed by atoms with Gasteiger partial charge in [-0.25, -0.2) is 4.98 Å². The molecule has 1 N–H and O–H groups in total. The Morgan fingerprint density at radius 2 is 2.25 bits per heavy atom. The number of methoxy groups -OCH3 is 2. The minimum absolute atomic E-state index is 0.00284. The van der Waals surface area contributed by atoms with E-state index in [1.54, 1.807) is 14.2 Å². The Morgan fingerprint density at radius 1 is 1.42 bits per heavy atom. The van der Waals surface area contributed by atoms with Gasteiger partial charge in [-0.3, -0.25) is 9.89 Å². The van der Waals surface area contributed by atoms with E-state index in [2.05, 4.69) is 15.2 Å². The number of carbonyl (C=O) groups excluding carboxylic acids is 1. The minimum atomic E-state index is -0.155. The van der Waals surface area contributed by atoms with Gasteiger partial charge >= 0.3 is 0 Å². The van der Waals surface area contributed by atoms with Crippen molar-refractivity contribution in [2.75, 3.05) is 20.8 Å². The van der Waals surface area contributed by atoms with Crippen molar-refractivity contribution in [2.24, 2.45) is 0 Å². The molecule has 1 aliphatic rings. The van der Waals surface area contributed by atoms with Crippen LogP contribution in [-0.2, 0) is 16.0 Å². The number of aromatic amines is 1. The highest BCUT2D eigenvalue weighted by Crippen LogP contribution is 2.32. The molecule has 2 aromatic rings. The van der Waals surface area contributed by atoms with Crippen LogP contribution in [0.3, 0.4) is 0 Å². The topological polar surface area (TPSA) is 80.3 Å². The number of rotatable bonds is 5. The first-order valence-corrected chi connectivity index (χ1v) is 7.94. The van der Waals surface area contributed by atoms with Gasteiger partial charge in [0.05, 0.1) is 25.7 Å². The summed E-state index contributed by atoms with van der Waals surface area (Å²) in [6, 6.07) is 7.41. The number of H-pyrrole nitrogens is 1. The lowest BCUT2D eigenvalue weighted by atomic mass is 10.1. The molecule has 1 aliphatic heterocycles. The molecule has 2 atom stereocenters. The molecule has 0 radical (unpaired) electrons. The Bertz CT molecular complexity index is 715. The molecule has 0 aliphatic carbocycles. The molecule has 128 valence electrons. The number of benzene rings is 1. The zero-order valence-electron chi connectivity index (χ0n) is 14.2. The second kappa shape index (κ2) is 7.00. The Kier molecular flexibility index (Phi) is 4.80. The molecule has 2 heterocycles. The van der Waals surface area contributed by atoms with Crippen molar-refractivity contribution in [1.29, 1.82) is 0 Å². The summed E-state index contributed by atoms with van der Waals surface area (Å²) in [5.41, 5.74) is 0.921. The normalized spacial score (nSPS) is 20.4. The van der Waals surface area contributed by atoms with Gasteiger partial charge in [-0.2, -0.15) is 5.10 Å². The lowest BCUT2D eigenvalue weighted by molar-refractivity contribution is -0.131. The molecule has 1 aromatic heterocycles. The first kappa shape index (κ1) is 16.4. The van der Waals surface area contributed by atoms with Crippen LogP contribution < -0.4 is 4.74 Å². The van der Waals surface area contributed by atoms with Crippen LogP contribution >= 0.6 is 0 Å². The molecule has 1 aromatic carbocycles. The Labute approximate surface area is 141 Å². The maximum atomic E-state index is 12.8. The first-order chi connectivity index (χ1) is 11.6. The van der Waals surface area contributed by atoms with Crippen molar-refractivity contribution in [3.63, 3.8) is 0 Å². The SMILES string of the molecule is COc1cccc(CC(=O)N2C[C@@H](OC)C[C@H]2c2n[nH]c(C)n2)c1. The molecular weight excluding hydrogens is 308 g/mol. The predicted octanol–water partition coefficient (Wildman–Crippen LogP) is 1.65. The summed E-state index contributed by atoms with van der Waals surface area (Å²) in [7, 11) is 3.28. The van der Waals surface area contributed by atoms with Crippen molar-refractivity contribution in [3.05, 3.63) is 41.5 Å². The van der Waals surface area contributed by atoms with E-state index in [0.717, 1.165) is 17.1 Å². The molecule has 0 saturated carbocycles. The molecule has 3 rings (SSSR count). The summed E-state index contributed by atoms with van der Waals surface area (Å²) in [5, 5.41) is 7.07. The molecule has 24 heavy (non-hydrogen) atoms. The third-order valence-electron chi connectivity index (χ3n) is 4.32. The average Bonchev–Trinajstić information content (AvgIpc) is 3.21. The van der Waals surface area contributed by atoms with E-state index in [4.69, 9.17) is 9.47 Å². The van der Waals surface area contributed by atoms with E-state index in [1.165, 1.54) is 0 Å². The maximum absolute atomic E-state index is 12.8. The molecule has 0 spiro atoms. The van der Waals surface area contributed by atoms with Crippen LogP contribution in [-0.4, -0.2) is 52.9 Å². The van der Waals surface area contributed by atoms with E-state index in [0.29, 0.717) is 25.2 Å². The number of likely N-dealkylation sites (tertiary alicyclic amines) is 1. The van der Waals surface area contributed by atoms with Crippen molar-refractivity contribution < 1.29 is 14.3 Å². The van der Waals surface area contributed by atoms with E-state index >= 15 is 0 Å². The quantitative estimate of drug-likeness (QED) is 0.902. The van der Waals surface area contributed by atoms with Crippen LogP contribution in [0.1, 0.15) is 29.7 Å². The molecule has 0 bridgehead atoms. The third-order valence-corrected chi connectivity index (χ3v) is 4.32. The molecule has 7 nitrogen and oxygen atoms in total. The highest BCUT2D eigenvalue weighted by atomic mass is 16.5. The summed E-state index contributed by atoms with van der Waals surface area (Å²) < 4.78 is 10.7. The molecule has 1 fully saturated rings. The molecular formula is C17H22N4O3. The first-order valence-electron chi connectivity index (χ1n) is 7.94. The standard InChI is InChI=1S/C17H22N4O3/c1-11-18-17(20-19-11)15-9-14(24-3)10-21(15)16(22)8-12-5-4-6-13(7-12)23-2/h4-7,14-15H,8-10H2,1-3H3,(H,18,19,20)/t14-,15-/m0/s1. The average molecular weight is 330 g/mol. The largest absolute Gasteiger partial charge is 0.497 e. The summed E-state index contributed by atoms with van der Waals surface area (Å²) in [5.74, 6) is 2.17. The number of aromatic nitrogens is 3. The molecule has 0 unspecified atom stereocenters. The van der Waals surface area contributed by atoms with Crippen LogP contribution in [0.5, 0.6) is 5.75 Å². The third kappa shape index (κ3) is 3.41.